The van der Waals surface area contributed by atoms with Crippen molar-refractivity contribution in [2.45, 2.75) is 46.6 Å². The molecular weight excluding hydrogens is 264 g/mol. The maximum atomic E-state index is 12.2. The van der Waals surface area contributed by atoms with Crippen LogP contribution in [0.3, 0.4) is 0 Å². The van der Waals surface area contributed by atoms with Crippen molar-refractivity contribution >= 4 is 11.6 Å². The van der Waals surface area contributed by atoms with Crippen molar-refractivity contribution in [1.82, 2.24) is 4.90 Å². The van der Waals surface area contributed by atoms with E-state index in [4.69, 9.17) is 4.74 Å². The Morgan fingerprint density at radius 2 is 1.90 bits per heavy atom. The molecule has 1 N–H and O–H groups in total. The number of rotatable bonds is 9. The van der Waals surface area contributed by atoms with Crippen LogP contribution in [0.1, 0.15) is 40.5 Å². The van der Waals surface area contributed by atoms with Gasteiger partial charge in [-0.25, -0.2) is 0 Å². The molecule has 0 spiro atoms. The van der Waals surface area contributed by atoms with Gasteiger partial charge in [0.1, 0.15) is 5.75 Å². The molecule has 21 heavy (non-hydrogen) atoms. The molecule has 0 bridgehead atoms. The van der Waals surface area contributed by atoms with Gasteiger partial charge in [-0.1, -0.05) is 19.9 Å². The standard InChI is InChI=1S/C17H28N2O2/c1-5-10-19(11-6-2)17(20)13-18-15-8-7-9-16(12-15)21-14(3)4/h7-9,12,14,18H,5-6,10-11,13H2,1-4H3. The summed E-state index contributed by atoms with van der Waals surface area (Å²) in [6.45, 7) is 10.2. The second-order valence-electron chi connectivity index (χ2n) is 5.43. The lowest BCUT2D eigenvalue weighted by Crippen LogP contribution is -2.36. The van der Waals surface area contributed by atoms with E-state index in [9.17, 15) is 4.79 Å². The van der Waals surface area contributed by atoms with Gasteiger partial charge in [-0.2, -0.15) is 0 Å². The van der Waals surface area contributed by atoms with Gasteiger partial charge in [-0.05, 0) is 38.8 Å². The number of amides is 1. The van der Waals surface area contributed by atoms with Gasteiger partial charge in [-0.15, -0.1) is 0 Å². The third kappa shape index (κ3) is 6.52. The van der Waals surface area contributed by atoms with Crippen molar-refractivity contribution in [1.29, 1.82) is 0 Å². The van der Waals surface area contributed by atoms with E-state index in [-0.39, 0.29) is 12.0 Å². The molecule has 0 saturated heterocycles. The smallest absolute Gasteiger partial charge is 0.241 e. The summed E-state index contributed by atoms with van der Waals surface area (Å²) in [5, 5.41) is 3.18. The number of nitrogens with zero attached hydrogens (tertiary/aromatic N) is 1. The van der Waals surface area contributed by atoms with Crippen molar-refractivity contribution in [3.8, 4) is 5.75 Å². The van der Waals surface area contributed by atoms with E-state index in [1.807, 2.05) is 43.0 Å². The van der Waals surface area contributed by atoms with E-state index in [0.717, 1.165) is 37.4 Å². The van der Waals surface area contributed by atoms with Crippen LogP contribution >= 0.6 is 0 Å². The summed E-state index contributed by atoms with van der Waals surface area (Å²) in [7, 11) is 0. The van der Waals surface area contributed by atoms with Crippen molar-refractivity contribution in [2.24, 2.45) is 0 Å². The van der Waals surface area contributed by atoms with Crippen LogP contribution in [0.15, 0.2) is 24.3 Å². The first kappa shape index (κ1) is 17.3. The van der Waals surface area contributed by atoms with Crippen molar-refractivity contribution < 1.29 is 9.53 Å². The summed E-state index contributed by atoms with van der Waals surface area (Å²) in [6.07, 6.45) is 2.12. The predicted octanol–water partition coefficient (Wildman–Crippen LogP) is 3.53. The lowest BCUT2D eigenvalue weighted by atomic mass is 10.3. The highest BCUT2D eigenvalue weighted by atomic mass is 16.5. The van der Waals surface area contributed by atoms with Crippen LogP contribution in [0.4, 0.5) is 5.69 Å². The Morgan fingerprint density at radius 3 is 2.48 bits per heavy atom. The number of anilines is 1. The Kier molecular flexibility index (Phi) is 7.65. The summed E-state index contributed by atoms with van der Waals surface area (Å²) >= 11 is 0. The average Bonchev–Trinajstić information content (AvgIpc) is 2.44. The highest BCUT2D eigenvalue weighted by Crippen LogP contribution is 2.18. The van der Waals surface area contributed by atoms with E-state index >= 15 is 0 Å². The van der Waals surface area contributed by atoms with Gasteiger partial charge in [0.15, 0.2) is 0 Å². The Hall–Kier alpha value is -1.71. The monoisotopic (exact) mass is 292 g/mol. The molecule has 1 aromatic carbocycles. The average molecular weight is 292 g/mol. The molecule has 1 aromatic rings. The van der Waals surface area contributed by atoms with Gasteiger partial charge in [0.2, 0.25) is 5.91 Å². The molecule has 0 aliphatic rings. The zero-order chi connectivity index (χ0) is 15.7. The normalized spacial score (nSPS) is 10.5. The fourth-order valence-corrected chi connectivity index (χ4v) is 2.14. The quantitative estimate of drug-likeness (QED) is 0.757. The van der Waals surface area contributed by atoms with Crippen LogP contribution in [0.5, 0.6) is 5.75 Å². The van der Waals surface area contributed by atoms with Crippen LogP contribution in [0.2, 0.25) is 0 Å². The minimum Gasteiger partial charge on any atom is -0.491 e. The van der Waals surface area contributed by atoms with E-state index in [0.29, 0.717) is 6.54 Å². The maximum absolute atomic E-state index is 12.2. The first-order valence-electron chi connectivity index (χ1n) is 7.85. The van der Waals surface area contributed by atoms with Crippen molar-refractivity contribution in [2.75, 3.05) is 25.0 Å². The summed E-state index contributed by atoms with van der Waals surface area (Å²) in [5.41, 5.74) is 0.912. The lowest BCUT2D eigenvalue weighted by molar-refractivity contribution is -0.129. The van der Waals surface area contributed by atoms with E-state index in [2.05, 4.69) is 19.2 Å². The van der Waals surface area contributed by atoms with Crippen LogP contribution in [0, 0.1) is 0 Å². The molecule has 1 amide bonds. The number of carbonyl (C=O) groups is 1. The molecule has 0 heterocycles. The Balaban J connectivity index is 2.55. The second-order valence-corrected chi connectivity index (χ2v) is 5.43. The fourth-order valence-electron chi connectivity index (χ4n) is 2.14. The summed E-state index contributed by atoms with van der Waals surface area (Å²) in [6, 6.07) is 7.73. The van der Waals surface area contributed by atoms with E-state index < -0.39 is 0 Å². The molecule has 0 saturated carbocycles. The van der Waals surface area contributed by atoms with E-state index in [1.165, 1.54) is 0 Å². The minimum absolute atomic E-state index is 0.145. The lowest BCUT2D eigenvalue weighted by Gasteiger charge is -2.22. The summed E-state index contributed by atoms with van der Waals surface area (Å²) in [4.78, 5) is 14.1. The zero-order valence-electron chi connectivity index (χ0n) is 13.7. The van der Waals surface area contributed by atoms with Gasteiger partial charge >= 0.3 is 0 Å². The van der Waals surface area contributed by atoms with Crippen LogP contribution in [0.25, 0.3) is 0 Å². The number of hydrogen-bond acceptors (Lipinski definition) is 3. The second kappa shape index (κ2) is 9.27. The molecule has 0 aliphatic carbocycles. The third-order valence-corrected chi connectivity index (χ3v) is 2.99. The molecule has 4 nitrogen and oxygen atoms in total. The molecule has 0 aromatic heterocycles. The van der Waals surface area contributed by atoms with E-state index in [1.54, 1.807) is 0 Å². The number of hydrogen-bond donors (Lipinski definition) is 1. The predicted molar refractivity (Wildman–Crippen MR) is 87.9 cm³/mol. The van der Waals surface area contributed by atoms with Gasteiger partial charge < -0.3 is 15.0 Å². The van der Waals surface area contributed by atoms with Gasteiger partial charge in [-0.3, -0.25) is 4.79 Å². The highest BCUT2D eigenvalue weighted by Gasteiger charge is 2.11. The molecular formula is C17H28N2O2. The first-order valence-corrected chi connectivity index (χ1v) is 7.85. The molecule has 0 fully saturated rings. The zero-order valence-corrected chi connectivity index (χ0v) is 13.7. The molecule has 0 aliphatic heterocycles. The summed E-state index contributed by atoms with van der Waals surface area (Å²) < 4.78 is 5.65. The fraction of sp³-hybridized carbons (Fsp3) is 0.588. The molecule has 118 valence electrons. The Morgan fingerprint density at radius 1 is 1.24 bits per heavy atom. The molecule has 4 heteroatoms. The van der Waals surface area contributed by atoms with Crippen LogP contribution in [-0.2, 0) is 4.79 Å². The number of nitrogens with one attached hydrogen (secondary N) is 1. The Bertz CT molecular complexity index is 427. The highest BCUT2D eigenvalue weighted by molar-refractivity contribution is 5.80. The van der Waals surface area contributed by atoms with Crippen molar-refractivity contribution in [3.63, 3.8) is 0 Å². The number of ether oxygens (including phenoxy) is 1. The molecule has 0 atom stereocenters. The number of benzene rings is 1. The largest absolute Gasteiger partial charge is 0.491 e. The Labute approximate surface area is 128 Å². The first-order chi connectivity index (χ1) is 10.1. The van der Waals surface area contributed by atoms with Gasteiger partial charge in [0, 0.05) is 24.8 Å². The van der Waals surface area contributed by atoms with Crippen molar-refractivity contribution in [3.05, 3.63) is 24.3 Å². The molecule has 1 rings (SSSR count). The molecule has 0 radical (unpaired) electrons. The SMILES string of the molecule is CCCN(CCC)C(=O)CNc1cccc(OC(C)C)c1. The third-order valence-electron chi connectivity index (χ3n) is 2.99. The van der Waals surface area contributed by atoms with Crippen LogP contribution < -0.4 is 10.1 Å². The van der Waals surface area contributed by atoms with Gasteiger partial charge in [0.25, 0.3) is 0 Å². The number of carbonyl (C=O) groups excluding carboxylic acids is 1. The maximum Gasteiger partial charge on any atom is 0.241 e. The molecule has 0 unspecified atom stereocenters. The van der Waals surface area contributed by atoms with Crippen LogP contribution in [-0.4, -0.2) is 36.5 Å². The van der Waals surface area contributed by atoms with Gasteiger partial charge in [0.05, 0.1) is 12.6 Å². The minimum atomic E-state index is 0.145. The summed E-state index contributed by atoms with van der Waals surface area (Å²) in [5.74, 6) is 0.968. The topological polar surface area (TPSA) is 41.6 Å².